The van der Waals surface area contributed by atoms with E-state index in [0.29, 0.717) is 0 Å². The standard InChI is InChI=1S/C11H19NO2/c1-8(14)10(7-13)11(12)9-5-3-2-4-6-9/h5,7-8,10-11,14H,2-4,6,12H2,1H3/t8?,10?,11-/m0/s1. The van der Waals surface area contributed by atoms with Crippen molar-refractivity contribution in [3.05, 3.63) is 11.6 Å². The minimum absolute atomic E-state index is 0.298. The van der Waals surface area contributed by atoms with E-state index in [9.17, 15) is 9.90 Å². The Morgan fingerprint density at radius 2 is 2.29 bits per heavy atom. The molecule has 0 bridgehead atoms. The third-order valence-electron chi connectivity index (χ3n) is 2.88. The summed E-state index contributed by atoms with van der Waals surface area (Å²) in [5, 5.41) is 9.37. The summed E-state index contributed by atoms with van der Waals surface area (Å²) in [5.74, 6) is -0.459. The molecular formula is C11H19NO2. The van der Waals surface area contributed by atoms with Gasteiger partial charge in [-0.2, -0.15) is 0 Å². The van der Waals surface area contributed by atoms with Crippen molar-refractivity contribution < 1.29 is 9.90 Å². The van der Waals surface area contributed by atoms with E-state index in [1.807, 2.05) is 0 Å². The van der Waals surface area contributed by atoms with Gasteiger partial charge in [0.1, 0.15) is 6.29 Å². The topological polar surface area (TPSA) is 63.3 Å². The highest BCUT2D eigenvalue weighted by Gasteiger charge is 2.25. The monoisotopic (exact) mass is 197 g/mol. The van der Waals surface area contributed by atoms with Crippen LogP contribution in [0.5, 0.6) is 0 Å². The van der Waals surface area contributed by atoms with Crippen LogP contribution in [0.2, 0.25) is 0 Å². The van der Waals surface area contributed by atoms with Crippen molar-refractivity contribution in [3.8, 4) is 0 Å². The highest BCUT2D eigenvalue weighted by molar-refractivity contribution is 5.57. The number of aliphatic hydroxyl groups excluding tert-OH is 1. The summed E-state index contributed by atoms with van der Waals surface area (Å²) in [6, 6.07) is -0.298. The maximum atomic E-state index is 10.8. The molecule has 0 heterocycles. The van der Waals surface area contributed by atoms with Crippen molar-refractivity contribution in [1.29, 1.82) is 0 Å². The number of rotatable bonds is 4. The molecule has 0 aromatic rings. The fourth-order valence-electron chi connectivity index (χ4n) is 1.91. The van der Waals surface area contributed by atoms with Gasteiger partial charge in [-0.3, -0.25) is 0 Å². The molecule has 0 aromatic carbocycles. The number of hydrogen-bond donors (Lipinski definition) is 2. The van der Waals surface area contributed by atoms with Crippen LogP contribution in [0, 0.1) is 5.92 Å². The first kappa shape index (κ1) is 11.4. The molecule has 0 spiro atoms. The lowest BCUT2D eigenvalue weighted by atomic mass is 9.85. The van der Waals surface area contributed by atoms with Gasteiger partial charge in [0.15, 0.2) is 0 Å². The summed E-state index contributed by atoms with van der Waals surface area (Å²) in [5.41, 5.74) is 7.08. The van der Waals surface area contributed by atoms with Crippen molar-refractivity contribution in [2.45, 2.75) is 44.8 Å². The van der Waals surface area contributed by atoms with Crippen LogP contribution in [-0.4, -0.2) is 23.5 Å². The van der Waals surface area contributed by atoms with Crippen molar-refractivity contribution in [3.63, 3.8) is 0 Å². The number of aldehydes is 1. The zero-order valence-electron chi connectivity index (χ0n) is 8.65. The molecule has 0 saturated carbocycles. The first-order chi connectivity index (χ1) is 6.66. The molecule has 0 aliphatic heterocycles. The molecule has 2 unspecified atom stereocenters. The minimum atomic E-state index is -0.662. The molecule has 1 rings (SSSR count). The predicted molar refractivity (Wildman–Crippen MR) is 55.8 cm³/mol. The van der Waals surface area contributed by atoms with Crippen LogP contribution >= 0.6 is 0 Å². The summed E-state index contributed by atoms with van der Waals surface area (Å²) < 4.78 is 0. The second-order valence-corrected chi connectivity index (χ2v) is 4.00. The van der Waals surface area contributed by atoms with E-state index >= 15 is 0 Å². The number of carbonyl (C=O) groups excluding carboxylic acids is 1. The maximum Gasteiger partial charge on any atom is 0.127 e. The highest BCUT2D eigenvalue weighted by Crippen LogP contribution is 2.23. The van der Waals surface area contributed by atoms with Crippen LogP contribution in [-0.2, 0) is 4.79 Å². The van der Waals surface area contributed by atoms with E-state index in [1.165, 1.54) is 6.42 Å². The molecule has 0 amide bonds. The van der Waals surface area contributed by atoms with E-state index < -0.39 is 12.0 Å². The Balaban J connectivity index is 2.65. The minimum Gasteiger partial charge on any atom is -0.393 e. The first-order valence-corrected chi connectivity index (χ1v) is 5.24. The molecule has 0 aromatic heterocycles. The van der Waals surface area contributed by atoms with Crippen molar-refractivity contribution in [2.75, 3.05) is 0 Å². The highest BCUT2D eigenvalue weighted by atomic mass is 16.3. The van der Waals surface area contributed by atoms with Gasteiger partial charge in [0.2, 0.25) is 0 Å². The Kier molecular flexibility index (Phi) is 4.29. The number of carbonyl (C=O) groups is 1. The molecule has 3 atom stereocenters. The van der Waals surface area contributed by atoms with Gasteiger partial charge in [-0.15, -0.1) is 0 Å². The fraction of sp³-hybridized carbons (Fsp3) is 0.727. The fourth-order valence-corrected chi connectivity index (χ4v) is 1.91. The Morgan fingerprint density at radius 1 is 1.57 bits per heavy atom. The quantitative estimate of drug-likeness (QED) is 0.522. The predicted octanol–water partition coefficient (Wildman–Crippen LogP) is 1.01. The smallest absolute Gasteiger partial charge is 0.127 e. The lowest BCUT2D eigenvalue weighted by molar-refractivity contribution is -0.114. The lowest BCUT2D eigenvalue weighted by Crippen LogP contribution is -2.39. The van der Waals surface area contributed by atoms with Crippen LogP contribution in [0.1, 0.15) is 32.6 Å². The van der Waals surface area contributed by atoms with Gasteiger partial charge in [0, 0.05) is 6.04 Å². The number of aliphatic hydroxyl groups is 1. The summed E-state index contributed by atoms with van der Waals surface area (Å²) in [6.45, 7) is 1.61. The van der Waals surface area contributed by atoms with Crippen molar-refractivity contribution in [2.24, 2.45) is 11.7 Å². The maximum absolute atomic E-state index is 10.8. The third-order valence-corrected chi connectivity index (χ3v) is 2.88. The van der Waals surface area contributed by atoms with E-state index in [0.717, 1.165) is 31.1 Å². The van der Waals surface area contributed by atoms with Gasteiger partial charge < -0.3 is 15.6 Å². The van der Waals surface area contributed by atoms with E-state index in [-0.39, 0.29) is 6.04 Å². The van der Waals surface area contributed by atoms with Gasteiger partial charge >= 0.3 is 0 Å². The Morgan fingerprint density at radius 3 is 2.71 bits per heavy atom. The Labute approximate surface area is 85.0 Å². The molecule has 0 saturated heterocycles. The molecular weight excluding hydrogens is 178 g/mol. The molecule has 3 N–H and O–H groups in total. The molecule has 1 aliphatic carbocycles. The SMILES string of the molecule is CC(O)C(C=O)[C@@H](N)C1=CCCCC1. The molecule has 0 radical (unpaired) electrons. The second kappa shape index (κ2) is 5.27. The van der Waals surface area contributed by atoms with Gasteiger partial charge in [-0.25, -0.2) is 0 Å². The summed E-state index contributed by atoms with van der Waals surface area (Å²) in [4.78, 5) is 10.8. The zero-order chi connectivity index (χ0) is 10.6. The average Bonchev–Trinajstić information content (AvgIpc) is 2.19. The van der Waals surface area contributed by atoms with Crippen LogP contribution in [0.15, 0.2) is 11.6 Å². The summed E-state index contributed by atoms with van der Waals surface area (Å²) >= 11 is 0. The van der Waals surface area contributed by atoms with Crippen molar-refractivity contribution in [1.82, 2.24) is 0 Å². The van der Waals surface area contributed by atoms with Gasteiger partial charge in [0.05, 0.1) is 12.0 Å². The summed E-state index contributed by atoms with van der Waals surface area (Å²) in [6.07, 6.45) is 6.59. The number of allylic oxidation sites excluding steroid dienone is 1. The van der Waals surface area contributed by atoms with Gasteiger partial charge in [-0.05, 0) is 32.6 Å². The molecule has 0 fully saturated rings. The lowest BCUT2D eigenvalue weighted by Gasteiger charge is -2.25. The molecule has 3 heteroatoms. The first-order valence-electron chi connectivity index (χ1n) is 5.24. The number of hydrogen-bond acceptors (Lipinski definition) is 3. The zero-order valence-corrected chi connectivity index (χ0v) is 8.65. The van der Waals surface area contributed by atoms with Crippen LogP contribution in [0.25, 0.3) is 0 Å². The third kappa shape index (κ3) is 2.66. The second-order valence-electron chi connectivity index (χ2n) is 4.00. The van der Waals surface area contributed by atoms with Crippen LogP contribution in [0.4, 0.5) is 0 Å². The Hall–Kier alpha value is -0.670. The molecule has 3 nitrogen and oxygen atoms in total. The van der Waals surface area contributed by atoms with E-state index in [2.05, 4.69) is 6.08 Å². The van der Waals surface area contributed by atoms with Gasteiger partial charge in [-0.1, -0.05) is 11.6 Å². The largest absolute Gasteiger partial charge is 0.393 e. The Bertz CT molecular complexity index is 223. The van der Waals surface area contributed by atoms with E-state index in [4.69, 9.17) is 5.73 Å². The summed E-state index contributed by atoms with van der Waals surface area (Å²) in [7, 11) is 0. The number of nitrogens with two attached hydrogens (primary N) is 1. The molecule has 1 aliphatic rings. The average molecular weight is 197 g/mol. The van der Waals surface area contributed by atoms with Gasteiger partial charge in [0.25, 0.3) is 0 Å². The molecule has 80 valence electrons. The molecule has 14 heavy (non-hydrogen) atoms. The van der Waals surface area contributed by atoms with Crippen LogP contribution < -0.4 is 5.73 Å². The van der Waals surface area contributed by atoms with E-state index in [1.54, 1.807) is 6.92 Å². The normalized spacial score (nSPS) is 23.5. The van der Waals surface area contributed by atoms with Crippen molar-refractivity contribution >= 4 is 6.29 Å². The van der Waals surface area contributed by atoms with Crippen LogP contribution in [0.3, 0.4) is 0 Å².